The van der Waals surface area contributed by atoms with Crippen LogP contribution in [0.2, 0.25) is 0 Å². The number of allylic oxidation sites excluding steroid dienone is 2. The fourth-order valence-corrected chi connectivity index (χ4v) is 2.66. The summed E-state index contributed by atoms with van der Waals surface area (Å²) in [6, 6.07) is -0.0715. The van der Waals surface area contributed by atoms with Crippen LogP contribution in [0.25, 0.3) is 0 Å². The van der Waals surface area contributed by atoms with Crippen molar-refractivity contribution < 1.29 is 4.79 Å². The Bertz CT molecular complexity index is 277. The lowest BCUT2D eigenvalue weighted by molar-refractivity contribution is 0.242. The minimum absolute atomic E-state index is 0.0715. The van der Waals surface area contributed by atoms with Crippen LogP contribution < -0.4 is 10.6 Å². The van der Waals surface area contributed by atoms with E-state index in [9.17, 15) is 4.79 Å². The van der Waals surface area contributed by atoms with Gasteiger partial charge in [-0.25, -0.2) is 4.79 Å². The van der Waals surface area contributed by atoms with E-state index in [0.717, 1.165) is 13.0 Å². The molecule has 0 heterocycles. The molecule has 0 aliphatic carbocycles. The fourth-order valence-electron chi connectivity index (χ4n) is 2.66. The van der Waals surface area contributed by atoms with Crippen molar-refractivity contribution in [2.24, 2.45) is 0 Å². The monoisotopic (exact) mass is 324 g/mol. The highest BCUT2D eigenvalue weighted by molar-refractivity contribution is 5.73. The Morgan fingerprint density at radius 2 is 1.22 bits per heavy atom. The van der Waals surface area contributed by atoms with Gasteiger partial charge in [0.2, 0.25) is 0 Å². The van der Waals surface area contributed by atoms with Gasteiger partial charge in [-0.1, -0.05) is 76.9 Å². The van der Waals surface area contributed by atoms with Crippen LogP contribution in [0.1, 0.15) is 96.8 Å². The van der Waals surface area contributed by atoms with Gasteiger partial charge in [-0.05, 0) is 32.1 Å². The standard InChI is InChI=1S/C20H40N2O/c1-3-4-5-6-7-8-9-10-11-12-13-14-15-16-17-18-19-22-20(23)21-2/h10-11H,3-9,12-19H2,1-2H3,(H2,21,22,23). The first kappa shape index (κ1) is 22.0. The zero-order valence-electron chi connectivity index (χ0n) is 15.7. The van der Waals surface area contributed by atoms with Crippen LogP contribution in [0.5, 0.6) is 0 Å². The second-order valence-electron chi connectivity index (χ2n) is 6.44. The molecular weight excluding hydrogens is 284 g/mol. The molecular formula is C20H40N2O. The summed E-state index contributed by atoms with van der Waals surface area (Å²) in [6.07, 6.45) is 23.2. The molecule has 23 heavy (non-hydrogen) atoms. The maximum atomic E-state index is 10.9. The Hall–Kier alpha value is -0.990. The smallest absolute Gasteiger partial charge is 0.314 e. The Kier molecular flexibility index (Phi) is 18.2. The molecule has 0 saturated heterocycles. The largest absolute Gasteiger partial charge is 0.341 e. The van der Waals surface area contributed by atoms with Crippen molar-refractivity contribution in [1.29, 1.82) is 0 Å². The lowest BCUT2D eigenvalue weighted by Crippen LogP contribution is -2.33. The van der Waals surface area contributed by atoms with Gasteiger partial charge in [0.05, 0.1) is 0 Å². The lowest BCUT2D eigenvalue weighted by atomic mass is 10.1. The molecule has 0 radical (unpaired) electrons. The van der Waals surface area contributed by atoms with E-state index in [1.807, 2.05) is 0 Å². The Morgan fingerprint density at radius 1 is 0.739 bits per heavy atom. The van der Waals surface area contributed by atoms with Crippen molar-refractivity contribution >= 4 is 6.03 Å². The quantitative estimate of drug-likeness (QED) is 0.267. The molecule has 0 rings (SSSR count). The summed E-state index contributed by atoms with van der Waals surface area (Å²) in [7, 11) is 1.65. The van der Waals surface area contributed by atoms with Crippen LogP contribution in [0.15, 0.2) is 12.2 Å². The van der Waals surface area contributed by atoms with Crippen LogP contribution in [-0.4, -0.2) is 19.6 Å². The van der Waals surface area contributed by atoms with Gasteiger partial charge in [-0.15, -0.1) is 0 Å². The van der Waals surface area contributed by atoms with Crippen LogP contribution in [0.3, 0.4) is 0 Å². The third-order valence-electron chi connectivity index (χ3n) is 4.20. The molecule has 0 bridgehead atoms. The second-order valence-corrected chi connectivity index (χ2v) is 6.44. The molecule has 2 amide bonds. The van der Waals surface area contributed by atoms with E-state index in [1.54, 1.807) is 7.05 Å². The highest BCUT2D eigenvalue weighted by Crippen LogP contribution is 2.09. The number of hydrogen-bond acceptors (Lipinski definition) is 1. The Labute approximate surface area is 144 Å². The van der Waals surface area contributed by atoms with Crippen molar-refractivity contribution in [3.8, 4) is 0 Å². The molecule has 0 fully saturated rings. The highest BCUT2D eigenvalue weighted by atomic mass is 16.2. The minimum Gasteiger partial charge on any atom is -0.341 e. The molecule has 0 aromatic carbocycles. The third kappa shape index (κ3) is 19.0. The van der Waals surface area contributed by atoms with Crippen molar-refractivity contribution in [3.05, 3.63) is 12.2 Å². The normalized spacial score (nSPS) is 11.0. The minimum atomic E-state index is -0.0715. The number of carbonyl (C=O) groups excluding carboxylic acids is 1. The van der Waals surface area contributed by atoms with Crippen LogP contribution >= 0.6 is 0 Å². The van der Waals surface area contributed by atoms with E-state index >= 15 is 0 Å². The summed E-state index contributed by atoms with van der Waals surface area (Å²) in [4.78, 5) is 10.9. The van der Waals surface area contributed by atoms with E-state index in [1.165, 1.54) is 83.5 Å². The molecule has 0 aromatic heterocycles. The zero-order chi connectivity index (χ0) is 17.0. The summed E-state index contributed by atoms with van der Waals surface area (Å²) >= 11 is 0. The summed E-state index contributed by atoms with van der Waals surface area (Å²) < 4.78 is 0. The predicted molar refractivity (Wildman–Crippen MR) is 102 cm³/mol. The van der Waals surface area contributed by atoms with Gasteiger partial charge in [-0.2, -0.15) is 0 Å². The maximum Gasteiger partial charge on any atom is 0.314 e. The molecule has 0 aliphatic rings. The van der Waals surface area contributed by atoms with Gasteiger partial charge in [0.15, 0.2) is 0 Å². The molecule has 0 spiro atoms. The van der Waals surface area contributed by atoms with Crippen LogP contribution in [-0.2, 0) is 0 Å². The molecule has 0 unspecified atom stereocenters. The number of urea groups is 1. The van der Waals surface area contributed by atoms with Gasteiger partial charge in [-0.3, -0.25) is 0 Å². The van der Waals surface area contributed by atoms with Gasteiger partial charge in [0.1, 0.15) is 0 Å². The van der Waals surface area contributed by atoms with Crippen molar-refractivity contribution in [1.82, 2.24) is 10.6 Å². The first-order chi connectivity index (χ1) is 11.3. The first-order valence-corrected chi connectivity index (χ1v) is 9.91. The maximum absolute atomic E-state index is 10.9. The second kappa shape index (κ2) is 19.1. The van der Waals surface area contributed by atoms with Gasteiger partial charge >= 0.3 is 6.03 Å². The average molecular weight is 325 g/mol. The first-order valence-electron chi connectivity index (χ1n) is 9.91. The predicted octanol–water partition coefficient (Wildman–Crippen LogP) is 5.95. The molecule has 136 valence electrons. The van der Waals surface area contributed by atoms with E-state index in [-0.39, 0.29) is 6.03 Å². The summed E-state index contributed by atoms with van der Waals surface area (Å²) in [5.41, 5.74) is 0. The lowest BCUT2D eigenvalue weighted by Gasteiger charge is -2.04. The molecule has 0 aliphatic heterocycles. The number of rotatable bonds is 16. The van der Waals surface area contributed by atoms with Crippen LogP contribution in [0.4, 0.5) is 4.79 Å². The average Bonchev–Trinajstić information content (AvgIpc) is 2.57. The molecule has 0 atom stereocenters. The molecule has 3 heteroatoms. The number of hydrogen-bond donors (Lipinski definition) is 2. The van der Waals surface area contributed by atoms with E-state index in [0.29, 0.717) is 0 Å². The van der Waals surface area contributed by atoms with E-state index < -0.39 is 0 Å². The number of unbranched alkanes of at least 4 members (excludes halogenated alkanes) is 12. The van der Waals surface area contributed by atoms with Crippen LogP contribution in [0, 0.1) is 0 Å². The SMILES string of the molecule is CCCCCCCCC=CCCCCCCCCNC(=O)NC. The summed E-state index contributed by atoms with van der Waals surface area (Å²) in [5.74, 6) is 0. The summed E-state index contributed by atoms with van der Waals surface area (Å²) in [5, 5.41) is 5.39. The fraction of sp³-hybridized carbons (Fsp3) is 0.850. The Morgan fingerprint density at radius 3 is 1.74 bits per heavy atom. The number of nitrogens with one attached hydrogen (secondary N) is 2. The highest BCUT2D eigenvalue weighted by Gasteiger charge is 1.95. The van der Waals surface area contributed by atoms with Gasteiger partial charge in [0.25, 0.3) is 0 Å². The Balaban J connectivity index is 3.09. The summed E-state index contributed by atoms with van der Waals surface area (Å²) in [6.45, 7) is 3.06. The number of carbonyl (C=O) groups is 1. The topological polar surface area (TPSA) is 41.1 Å². The van der Waals surface area contributed by atoms with E-state index in [2.05, 4.69) is 29.7 Å². The molecule has 0 aromatic rings. The van der Waals surface area contributed by atoms with E-state index in [4.69, 9.17) is 0 Å². The van der Waals surface area contributed by atoms with Crippen molar-refractivity contribution in [2.45, 2.75) is 96.8 Å². The van der Waals surface area contributed by atoms with Crippen molar-refractivity contribution in [3.63, 3.8) is 0 Å². The third-order valence-corrected chi connectivity index (χ3v) is 4.20. The number of amides is 2. The van der Waals surface area contributed by atoms with Crippen molar-refractivity contribution in [2.75, 3.05) is 13.6 Å². The molecule has 2 N–H and O–H groups in total. The zero-order valence-corrected chi connectivity index (χ0v) is 15.7. The molecule has 0 saturated carbocycles. The van der Waals surface area contributed by atoms with Gasteiger partial charge in [0, 0.05) is 13.6 Å². The van der Waals surface area contributed by atoms with Gasteiger partial charge < -0.3 is 10.6 Å². The molecule has 3 nitrogen and oxygen atoms in total.